The van der Waals surface area contributed by atoms with Gasteiger partial charge in [0.1, 0.15) is 0 Å². The molecular formula is C15H25N3O2. The number of methoxy groups -OCH3 is 1. The Labute approximate surface area is 121 Å². The molecule has 5 heteroatoms. The Kier molecular flexibility index (Phi) is 7.69. The summed E-state index contributed by atoms with van der Waals surface area (Å²) in [6.07, 6.45) is 2.40. The second kappa shape index (κ2) is 9.34. The van der Waals surface area contributed by atoms with E-state index in [9.17, 15) is 4.79 Å². The van der Waals surface area contributed by atoms with Gasteiger partial charge in [-0.1, -0.05) is 0 Å². The van der Waals surface area contributed by atoms with E-state index >= 15 is 0 Å². The molecule has 5 nitrogen and oxygen atoms in total. The second-order valence-electron chi connectivity index (χ2n) is 4.92. The number of amides is 1. The van der Waals surface area contributed by atoms with E-state index in [1.165, 1.54) is 0 Å². The van der Waals surface area contributed by atoms with E-state index in [1.54, 1.807) is 19.2 Å². The highest BCUT2D eigenvalue weighted by Crippen LogP contribution is 2.11. The minimum absolute atomic E-state index is 0.0417. The lowest BCUT2D eigenvalue weighted by Gasteiger charge is -2.15. The molecule has 112 valence electrons. The molecule has 0 aliphatic heterocycles. The first-order chi connectivity index (χ1) is 9.61. The van der Waals surface area contributed by atoms with Crippen LogP contribution in [-0.2, 0) is 9.53 Å². The third kappa shape index (κ3) is 7.11. The van der Waals surface area contributed by atoms with E-state index < -0.39 is 0 Å². The summed E-state index contributed by atoms with van der Waals surface area (Å²) in [6.45, 7) is 2.69. The number of rotatable bonds is 9. The lowest BCUT2D eigenvalue weighted by Crippen LogP contribution is -2.23. The number of nitrogen functional groups attached to an aromatic ring is 1. The van der Waals surface area contributed by atoms with E-state index in [0.29, 0.717) is 12.1 Å². The van der Waals surface area contributed by atoms with Gasteiger partial charge < -0.3 is 20.7 Å². The van der Waals surface area contributed by atoms with Crippen LogP contribution in [0.5, 0.6) is 0 Å². The van der Waals surface area contributed by atoms with Crippen molar-refractivity contribution >= 4 is 17.3 Å². The molecule has 0 aliphatic rings. The average molecular weight is 279 g/mol. The van der Waals surface area contributed by atoms with Crippen LogP contribution in [0, 0.1) is 0 Å². The van der Waals surface area contributed by atoms with Crippen LogP contribution in [0.15, 0.2) is 24.3 Å². The predicted molar refractivity (Wildman–Crippen MR) is 82.7 cm³/mol. The van der Waals surface area contributed by atoms with Crippen molar-refractivity contribution in [3.63, 3.8) is 0 Å². The SMILES string of the molecule is COCCCN(C)CCCC(=O)Nc1ccc(N)cc1. The number of anilines is 2. The van der Waals surface area contributed by atoms with Crippen LogP contribution in [-0.4, -0.2) is 44.7 Å². The zero-order valence-corrected chi connectivity index (χ0v) is 12.4. The van der Waals surface area contributed by atoms with Crippen molar-refractivity contribution in [2.45, 2.75) is 19.3 Å². The summed E-state index contributed by atoms with van der Waals surface area (Å²) >= 11 is 0. The van der Waals surface area contributed by atoms with Gasteiger partial charge in [0.2, 0.25) is 5.91 Å². The minimum Gasteiger partial charge on any atom is -0.399 e. The maximum Gasteiger partial charge on any atom is 0.224 e. The van der Waals surface area contributed by atoms with Crippen LogP contribution in [0.2, 0.25) is 0 Å². The Balaban J connectivity index is 2.15. The molecule has 20 heavy (non-hydrogen) atoms. The van der Waals surface area contributed by atoms with Crippen LogP contribution in [0.3, 0.4) is 0 Å². The first-order valence-electron chi connectivity index (χ1n) is 6.94. The molecule has 1 aromatic carbocycles. The number of nitrogens with zero attached hydrogens (tertiary/aromatic N) is 1. The largest absolute Gasteiger partial charge is 0.399 e. The Hall–Kier alpha value is -1.59. The van der Waals surface area contributed by atoms with Gasteiger partial charge in [-0.15, -0.1) is 0 Å². The molecule has 0 bridgehead atoms. The number of nitrogens with two attached hydrogens (primary N) is 1. The molecule has 0 spiro atoms. The third-order valence-electron chi connectivity index (χ3n) is 3.03. The quantitative estimate of drug-likeness (QED) is 0.535. The van der Waals surface area contributed by atoms with E-state index in [-0.39, 0.29) is 5.91 Å². The number of benzene rings is 1. The first kappa shape index (κ1) is 16.5. The average Bonchev–Trinajstić information content (AvgIpc) is 2.42. The summed E-state index contributed by atoms with van der Waals surface area (Å²) in [5, 5.41) is 2.86. The molecule has 1 rings (SSSR count). The summed E-state index contributed by atoms with van der Waals surface area (Å²) in [6, 6.07) is 7.17. The molecule has 0 saturated carbocycles. The van der Waals surface area contributed by atoms with Gasteiger partial charge in [-0.05, 0) is 50.7 Å². The third-order valence-corrected chi connectivity index (χ3v) is 3.03. The van der Waals surface area contributed by atoms with Crippen molar-refractivity contribution in [1.29, 1.82) is 0 Å². The number of carbonyl (C=O) groups is 1. The fourth-order valence-electron chi connectivity index (χ4n) is 1.89. The van der Waals surface area contributed by atoms with Crippen molar-refractivity contribution in [3.8, 4) is 0 Å². The van der Waals surface area contributed by atoms with Gasteiger partial charge in [0.25, 0.3) is 0 Å². The molecule has 3 N–H and O–H groups in total. The zero-order chi connectivity index (χ0) is 14.8. The highest BCUT2D eigenvalue weighted by Gasteiger charge is 2.04. The number of nitrogens with one attached hydrogen (secondary N) is 1. The van der Waals surface area contributed by atoms with Crippen molar-refractivity contribution in [2.24, 2.45) is 0 Å². The maximum atomic E-state index is 11.8. The molecule has 0 atom stereocenters. The van der Waals surface area contributed by atoms with Gasteiger partial charge in [-0.25, -0.2) is 0 Å². The summed E-state index contributed by atoms with van der Waals surface area (Å²) in [4.78, 5) is 14.0. The van der Waals surface area contributed by atoms with E-state index in [1.807, 2.05) is 12.1 Å². The number of ether oxygens (including phenoxy) is 1. The van der Waals surface area contributed by atoms with E-state index in [0.717, 1.165) is 38.2 Å². The predicted octanol–water partition coefficient (Wildman–Crippen LogP) is 1.96. The van der Waals surface area contributed by atoms with Crippen LogP contribution in [0.1, 0.15) is 19.3 Å². The van der Waals surface area contributed by atoms with Crippen LogP contribution in [0.25, 0.3) is 0 Å². The van der Waals surface area contributed by atoms with Crippen LogP contribution >= 0.6 is 0 Å². The second-order valence-corrected chi connectivity index (χ2v) is 4.92. The van der Waals surface area contributed by atoms with Gasteiger partial charge in [-0.2, -0.15) is 0 Å². The maximum absolute atomic E-state index is 11.8. The van der Waals surface area contributed by atoms with Gasteiger partial charge in [0.05, 0.1) is 0 Å². The smallest absolute Gasteiger partial charge is 0.224 e. The van der Waals surface area contributed by atoms with Crippen molar-refractivity contribution in [1.82, 2.24) is 4.90 Å². The summed E-state index contributed by atoms with van der Waals surface area (Å²) in [5.74, 6) is 0.0417. The lowest BCUT2D eigenvalue weighted by molar-refractivity contribution is -0.116. The normalized spacial score (nSPS) is 10.8. The Morgan fingerprint density at radius 2 is 1.90 bits per heavy atom. The molecule has 0 fully saturated rings. The number of carbonyl (C=O) groups excluding carboxylic acids is 1. The zero-order valence-electron chi connectivity index (χ0n) is 12.4. The Morgan fingerprint density at radius 1 is 1.25 bits per heavy atom. The van der Waals surface area contributed by atoms with Crippen molar-refractivity contribution in [3.05, 3.63) is 24.3 Å². The first-order valence-corrected chi connectivity index (χ1v) is 6.94. The van der Waals surface area contributed by atoms with Crippen LogP contribution in [0.4, 0.5) is 11.4 Å². The molecule has 1 aromatic rings. The standard InChI is InChI=1S/C15H25N3O2/c1-18(11-4-12-20-2)10-3-5-15(19)17-14-8-6-13(16)7-9-14/h6-9H,3-5,10-12,16H2,1-2H3,(H,17,19). The highest BCUT2D eigenvalue weighted by molar-refractivity contribution is 5.90. The molecule has 0 saturated heterocycles. The fourth-order valence-corrected chi connectivity index (χ4v) is 1.89. The van der Waals surface area contributed by atoms with Crippen molar-refractivity contribution in [2.75, 3.05) is 44.9 Å². The molecule has 0 unspecified atom stereocenters. The monoisotopic (exact) mass is 279 g/mol. The molecule has 0 aliphatic carbocycles. The molecule has 0 aromatic heterocycles. The van der Waals surface area contributed by atoms with Gasteiger partial charge in [-0.3, -0.25) is 4.79 Å². The summed E-state index contributed by atoms with van der Waals surface area (Å²) in [5.41, 5.74) is 7.08. The van der Waals surface area contributed by atoms with Crippen LogP contribution < -0.4 is 11.1 Å². The van der Waals surface area contributed by atoms with Gasteiger partial charge >= 0.3 is 0 Å². The minimum atomic E-state index is 0.0417. The summed E-state index contributed by atoms with van der Waals surface area (Å²) in [7, 11) is 3.77. The van der Waals surface area contributed by atoms with E-state index in [4.69, 9.17) is 10.5 Å². The van der Waals surface area contributed by atoms with Crippen molar-refractivity contribution < 1.29 is 9.53 Å². The summed E-state index contributed by atoms with van der Waals surface area (Å²) < 4.78 is 5.01. The molecule has 0 radical (unpaired) electrons. The molecular weight excluding hydrogens is 254 g/mol. The fraction of sp³-hybridized carbons (Fsp3) is 0.533. The number of hydrogen-bond donors (Lipinski definition) is 2. The molecule has 1 amide bonds. The topological polar surface area (TPSA) is 67.6 Å². The Morgan fingerprint density at radius 3 is 2.55 bits per heavy atom. The molecule has 0 heterocycles. The number of hydrogen-bond acceptors (Lipinski definition) is 4. The van der Waals surface area contributed by atoms with E-state index in [2.05, 4.69) is 17.3 Å². The van der Waals surface area contributed by atoms with Gasteiger partial charge in [0.15, 0.2) is 0 Å². The highest BCUT2D eigenvalue weighted by atomic mass is 16.5. The Bertz CT molecular complexity index is 393. The van der Waals surface area contributed by atoms with Gasteiger partial charge in [0, 0.05) is 38.1 Å². The lowest BCUT2D eigenvalue weighted by atomic mass is 10.2.